The van der Waals surface area contributed by atoms with Crippen molar-refractivity contribution in [3.63, 3.8) is 0 Å². The van der Waals surface area contributed by atoms with Crippen molar-refractivity contribution in [3.05, 3.63) is 18.3 Å². The predicted molar refractivity (Wildman–Crippen MR) is 43.4 cm³/mol. The number of nitrogens with two attached hydrogens (primary N) is 1. The minimum absolute atomic E-state index is 0.170. The zero-order valence-electron chi connectivity index (χ0n) is 6.12. The largest absolute Gasteiger partial charge is 0.506 e. The number of hydrogen-bond acceptors (Lipinski definition) is 4. The molecule has 0 unspecified atom stereocenters. The molecule has 0 spiro atoms. The average Bonchev–Trinajstić information content (AvgIpc) is 2.04. The Hall–Kier alpha value is -1.29. The topological polar surface area (TPSA) is 71.2 Å². The molecule has 0 radical (unpaired) electrons. The Morgan fingerprint density at radius 1 is 1.55 bits per heavy atom. The number of hydrogen-bond donors (Lipinski definition) is 3. The smallest absolute Gasteiger partial charge is 0.134 e. The van der Waals surface area contributed by atoms with Crippen molar-refractivity contribution in [1.29, 1.82) is 0 Å². The number of nitrogens with one attached hydrogen (secondary N) is 1. The van der Waals surface area contributed by atoms with Gasteiger partial charge in [0.15, 0.2) is 0 Å². The van der Waals surface area contributed by atoms with Crippen LogP contribution in [0.25, 0.3) is 0 Å². The van der Waals surface area contributed by atoms with Crippen LogP contribution in [0.2, 0.25) is 0 Å². The molecule has 0 aliphatic carbocycles. The minimum atomic E-state index is 0.170. The van der Waals surface area contributed by atoms with Crippen molar-refractivity contribution < 1.29 is 5.11 Å². The quantitative estimate of drug-likeness (QED) is 0.578. The van der Waals surface area contributed by atoms with Crippen LogP contribution in [0.4, 0.5) is 5.82 Å². The van der Waals surface area contributed by atoms with Gasteiger partial charge in [-0.3, -0.25) is 0 Å². The molecule has 60 valence electrons. The van der Waals surface area contributed by atoms with E-state index in [0.717, 1.165) is 5.82 Å². The highest BCUT2D eigenvalue weighted by molar-refractivity contribution is 5.36. The molecule has 1 heterocycles. The second-order valence-corrected chi connectivity index (χ2v) is 2.12. The van der Waals surface area contributed by atoms with Crippen molar-refractivity contribution in [2.45, 2.75) is 0 Å². The summed E-state index contributed by atoms with van der Waals surface area (Å²) in [6, 6.07) is 3.27. The molecule has 0 aromatic carbocycles. The van der Waals surface area contributed by atoms with Crippen LogP contribution in [0.15, 0.2) is 18.3 Å². The lowest BCUT2D eigenvalue weighted by atomic mass is 10.4. The Labute approximate surface area is 65.1 Å². The molecule has 0 aliphatic heterocycles. The summed E-state index contributed by atoms with van der Waals surface area (Å²) in [6.07, 6.45) is 1.39. The predicted octanol–water partition coefficient (Wildman–Crippen LogP) is 0.158. The Morgan fingerprint density at radius 3 is 2.91 bits per heavy atom. The third-order valence-corrected chi connectivity index (χ3v) is 1.20. The van der Waals surface area contributed by atoms with E-state index in [9.17, 15) is 0 Å². The Morgan fingerprint density at radius 2 is 2.36 bits per heavy atom. The standard InChI is InChI=1S/C7H11N3O/c8-3-4-9-7-2-1-6(11)5-10-7/h1-2,5,11H,3-4,8H2,(H,9,10). The maximum atomic E-state index is 8.87. The second kappa shape index (κ2) is 3.78. The fourth-order valence-electron chi connectivity index (χ4n) is 0.691. The molecule has 11 heavy (non-hydrogen) atoms. The van der Waals surface area contributed by atoms with Crippen molar-refractivity contribution in [2.24, 2.45) is 5.73 Å². The number of rotatable bonds is 3. The summed E-state index contributed by atoms with van der Waals surface area (Å²) < 4.78 is 0. The molecule has 4 N–H and O–H groups in total. The van der Waals surface area contributed by atoms with Crippen LogP contribution in [-0.2, 0) is 0 Å². The van der Waals surface area contributed by atoms with E-state index in [4.69, 9.17) is 10.8 Å². The number of pyridine rings is 1. The highest BCUT2D eigenvalue weighted by Gasteiger charge is 1.90. The molecule has 0 fully saturated rings. The van der Waals surface area contributed by atoms with Crippen LogP contribution in [0.3, 0.4) is 0 Å². The summed E-state index contributed by atoms with van der Waals surface area (Å²) in [4.78, 5) is 3.90. The monoisotopic (exact) mass is 153 g/mol. The molecular weight excluding hydrogens is 142 g/mol. The lowest BCUT2D eigenvalue weighted by molar-refractivity contribution is 0.473. The third-order valence-electron chi connectivity index (χ3n) is 1.20. The van der Waals surface area contributed by atoms with E-state index in [0.29, 0.717) is 13.1 Å². The Balaban J connectivity index is 2.52. The first-order valence-electron chi connectivity index (χ1n) is 3.42. The van der Waals surface area contributed by atoms with E-state index >= 15 is 0 Å². The van der Waals surface area contributed by atoms with Crippen molar-refractivity contribution in [2.75, 3.05) is 18.4 Å². The summed E-state index contributed by atoms with van der Waals surface area (Å²) in [5.74, 6) is 0.900. The summed E-state index contributed by atoms with van der Waals surface area (Å²) in [6.45, 7) is 1.26. The van der Waals surface area contributed by atoms with E-state index in [1.165, 1.54) is 6.20 Å². The molecule has 0 aliphatic rings. The number of nitrogens with zero attached hydrogens (tertiary/aromatic N) is 1. The molecule has 0 saturated heterocycles. The van der Waals surface area contributed by atoms with Gasteiger partial charge in [0.05, 0.1) is 6.20 Å². The lowest BCUT2D eigenvalue weighted by Gasteiger charge is -2.01. The van der Waals surface area contributed by atoms with E-state index in [1.807, 2.05) is 0 Å². The van der Waals surface area contributed by atoms with E-state index in [1.54, 1.807) is 12.1 Å². The van der Waals surface area contributed by atoms with Crippen LogP contribution in [0.5, 0.6) is 5.75 Å². The van der Waals surface area contributed by atoms with Crippen LogP contribution in [0, 0.1) is 0 Å². The number of anilines is 1. The van der Waals surface area contributed by atoms with Gasteiger partial charge in [0.1, 0.15) is 11.6 Å². The maximum absolute atomic E-state index is 8.87. The van der Waals surface area contributed by atoms with Gasteiger partial charge in [-0.25, -0.2) is 4.98 Å². The molecule has 0 bridgehead atoms. The van der Waals surface area contributed by atoms with E-state index in [2.05, 4.69) is 10.3 Å². The average molecular weight is 153 g/mol. The molecule has 0 atom stereocenters. The van der Waals surface area contributed by atoms with Crippen molar-refractivity contribution in [3.8, 4) is 5.75 Å². The van der Waals surface area contributed by atoms with Gasteiger partial charge in [0.25, 0.3) is 0 Å². The van der Waals surface area contributed by atoms with Gasteiger partial charge in [-0.2, -0.15) is 0 Å². The fourth-order valence-corrected chi connectivity index (χ4v) is 0.691. The zero-order chi connectivity index (χ0) is 8.10. The summed E-state index contributed by atoms with van der Waals surface area (Å²) in [5.41, 5.74) is 5.27. The molecule has 1 rings (SSSR count). The van der Waals surface area contributed by atoms with Crippen molar-refractivity contribution >= 4 is 5.82 Å². The number of aromatic nitrogens is 1. The summed E-state index contributed by atoms with van der Waals surface area (Å²) >= 11 is 0. The number of aromatic hydroxyl groups is 1. The highest BCUT2D eigenvalue weighted by atomic mass is 16.3. The van der Waals surface area contributed by atoms with Gasteiger partial charge in [0, 0.05) is 13.1 Å². The van der Waals surface area contributed by atoms with Crippen LogP contribution in [-0.4, -0.2) is 23.2 Å². The van der Waals surface area contributed by atoms with Crippen LogP contribution >= 0.6 is 0 Å². The summed E-state index contributed by atoms with van der Waals surface area (Å²) in [7, 11) is 0. The zero-order valence-corrected chi connectivity index (χ0v) is 6.12. The summed E-state index contributed by atoms with van der Waals surface area (Å²) in [5, 5.41) is 11.8. The van der Waals surface area contributed by atoms with Crippen LogP contribution in [0.1, 0.15) is 0 Å². The normalized spacial score (nSPS) is 9.55. The highest BCUT2D eigenvalue weighted by Crippen LogP contribution is 2.08. The molecular formula is C7H11N3O. The maximum Gasteiger partial charge on any atom is 0.134 e. The Bertz CT molecular complexity index is 209. The molecule has 1 aromatic heterocycles. The van der Waals surface area contributed by atoms with Gasteiger partial charge >= 0.3 is 0 Å². The fraction of sp³-hybridized carbons (Fsp3) is 0.286. The van der Waals surface area contributed by atoms with Gasteiger partial charge in [-0.05, 0) is 12.1 Å². The van der Waals surface area contributed by atoms with Gasteiger partial charge in [-0.15, -0.1) is 0 Å². The first-order valence-corrected chi connectivity index (χ1v) is 3.42. The Kier molecular flexibility index (Phi) is 2.68. The van der Waals surface area contributed by atoms with E-state index < -0.39 is 0 Å². The molecule has 0 amide bonds. The van der Waals surface area contributed by atoms with Crippen LogP contribution < -0.4 is 11.1 Å². The van der Waals surface area contributed by atoms with Gasteiger partial charge < -0.3 is 16.2 Å². The second-order valence-electron chi connectivity index (χ2n) is 2.12. The molecule has 1 aromatic rings. The SMILES string of the molecule is NCCNc1ccc(O)cn1. The molecule has 4 heteroatoms. The molecule has 0 saturated carbocycles. The van der Waals surface area contributed by atoms with Gasteiger partial charge in [-0.1, -0.05) is 0 Å². The third kappa shape index (κ3) is 2.43. The minimum Gasteiger partial charge on any atom is -0.506 e. The van der Waals surface area contributed by atoms with E-state index in [-0.39, 0.29) is 5.75 Å². The first-order chi connectivity index (χ1) is 5.33. The van der Waals surface area contributed by atoms with Crippen molar-refractivity contribution in [1.82, 2.24) is 4.98 Å². The van der Waals surface area contributed by atoms with Gasteiger partial charge in [0.2, 0.25) is 0 Å². The first kappa shape index (κ1) is 7.81. The molecule has 4 nitrogen and oxygen atoms in total. The lowest BCUT2D eigenvalue weighted by Crippen LogP contribution is -2.13.